The SMILES string of the molecule is C[C@@H](OC(=O)C1CCN(c2ccc(C(F)(F)F)cn2)CC1)C(=O)Nc1ccc(F)cc1Cl. The van der Waals surface area contributed by atoms with Gasteiger partial charge in [0, 0.05) is 19.3 Å². The van der Waals surface area contributed by atoms with Crippen LogP contribution in [0.4, 0.5) is 29.1 Å². The molecule has 1 aromatic carbocycles. The van der Waals surface area contributed by atoms with Crippen molar-refractivity contribution in [3.05, 3.63) is 52.9 Å². The second kappa shape index (κ2) is 9.72. The van der Waals surface area contributed by atoms with Gasteiger partial charge in [-0.15, -0.1) is 0 Å². The summed E-state index contributed by atoms with van der Waals surface area (Å²) in [5.74, 6) is -1.76. The first-order valence-electron chi connectivity index (χ1n) is 9.79. The molecule has 6 nitrogen and oxygen atoms in total. The first-order chi connectivity index (χ1) is 15.0. The molecule has 1 aromatic heterocycles. The number of halogens is 5. The van der Waals surface area contributed by atoms with Gasteiger partial charge in [0.15, 0.2) is 6.10 Å². The summed E-state index contributed by atoms with van der Waals surface area (Å²) < 4.78 is 56.4. The van der Waals surface area contributed by atoms with E-state index in [0.717, 1.165) is 24.4 Å². The Morgan fingerprint density at radius 3 is 2.47 bits per heavy atom. The Balaban J connectivity index is 1.50. The summed E-state index contributed by atoms with van der Waals surface area (Å²) in [6.45, 7) is 2.22. The molecule has 11 heteroatoms. The van der Waals surface area contributed by atoms with E-state index in [2.05, 4.69) is 10.3 Å². The predicted molar refractivity (Wildman–Crippen MR) is 110 cm³/mol. The molecule has 172 valence electrons. The molecular weight excluding hydrogens is 454 g/mol. The maximum absolute atomic E-state index is 13.1. The number of rotatable bonds is 5. The van der Waals surface area contributed by atoms with Crippen molar-refractivity contribution in [1.82, 2.24) is 4.98 Å². The fraction of sp³-hybridized carbons (Fsp3) is 0.381. The Morgan fingerprint density at radius 1 is 1.22 bits per heavy atom. The van der Waals surface area contributed by atoms with E-state index in [-0.39, 0.29) is 10.7 Å². The fourth-order valence-electron chi connectivity index (χ4n) is 3.23. The number of pyridine rings is 1. The van der Waals surface area contributed by atoms with Crippen LogP contribution in [-0.4, -0.2) is 36.1 Å². The molecule has 1 aliphatic rings. The number of alkyl halides is 3. The van der Waals surface area contributed by atoms with Crippen LogP contribution in [0.1, 0.15) is 25.3 Å². The number of nitrogens with zero attached hydrogens (tertiary/aromatic N) is 2. The molecule has 1 atom stereocenters. The summed E-state index contributed by atoms with van der Waals surface area (Å²) >= 11 is 5.87. The van der Waals surface area contributed by atoms with E-state index in [1.807, 2.05) is 0 Å². The number of carbonyl (C=O) groups is 2. The molecule has 0 unspecified atom stereocenters. The predicted octanol–water partition coefficient (Wildman–Crippen LogP) is 4.68. The number of benzene rings is 1. The van der Waals surface area contributed by atoms with Gasteiger partial charge in [-0.2, -0.15) is 13.2 Å². The third-order valence-corrected chi connectivity index (χ3v) is 5.39. The average Bonchev–Trinajstić information content (AvgIpc) is 2.75. The van der Waals surface area contributed by atoms with Gasteiger partial charge in [0.25, 0.3) is 5.91 Å². The van der Waals surface area contributed by atoms with Gasteiger partial charge < -0.3 is 15.0 Å². The fourth-order valence-corrected chi connectivity index (χ4v) is 3.45. The molecule has 1 N–H and O–H groups in total. The van der Waals surface area contributed by atoms with Crippen LogP contribution in [0.25, 0.3) is 0 Å². The van der Waals surface area contributed by atoms with Crippen molar-refractivity contribution in [1.29, 1.82) is 0 Å². The number of hydrogen-bond donors (Lipinski definition) is 1. The lowest BCUT2D eigenvalue weighted by Crippen LogP contribution is -2.39. The summed E-state index contributed by atoms with van der Waals surface area (Å²) in [4.78, 5) is 30.4. The first-order valence-corrected chi connectivity index (χ1v) is 10.2. The van der Waals surface area contributed by atoms with Gasteiger partial charge >= 0.3 is 12.1 Å². The van der Waals surface area contributed by atoms with Gasteiger partial charge in [0.05, 0.1) is 22.2 Å². The number of piperidine rings is 1. The zero-order valence-electron chi connectivity index (χ0n) is 17.0. The lowest BCUT2D eigenvalue weighted by atomic mass is 9.97. The molecule has 0 aliphatic carbocycles. The number of carbonyl (C=O) groups excluding carboxylic acids is 2. The molecule has 2 heterocycles. The van der Waals surface area contributed by atoms with Crippen LogP contribution in [0.5, 0.6) is 0 Å². The minimum absolute atomic E-state index is 0.0149. The highest BCUT2D eigenvalue weighted by molar-refractivity contribution is 6.33. The number of anilines is 2. The lowest BCUT2D eigenvalue weighted by Gasteiger charge is -2.32. The number of aromatic nitrogens is 1. The Kier molecular flexibility index (Phi) is 7.22. The Hall–Kier alpha value is -2.88. The van der Waals surface area contributed by atoms with Crippen LogP contribution in [0.3, 0.4) is 0 Å². The molecule has 2 aromatic rings. The van der Waals surface area contributed by atoms with Gasteiger partial charge in [0.2, 0.25) is 0 Å². The van der Waals surface area contributed by atoms with Crippen molar-refractivity contribution in [2.75, 3.05) is 23.3 Å². The Bertz CT molecular complexity index is 977. The van der Waals surface area contributed by atoms with Crippen LogP contribution in [-0.2, 0) is 20.5 Å². The van der Waals surface area contributed by atoms with Crippen molar-refractivity contribution < 1.29 is 31.9 Å². The normalized spacial score (nSPS) is 15.9. The van der Waals surface area contributed by atoms with Crippen LogP contribution in [0, 0.1) is 11.7 Å². The number of hydrogen-bond acceptors (Lipinski definition) is 5. The lowest BCUT2D eigenvalue weighted by molar-refractivity contribution is -0.158. The minimum atomic E-state index is -4.45. The second-order valence-corrected chi connectivity index (χ2v) is 7.76. The van der Waals surface area contributed by atoms with E-state index < -0.39 is 41.5 Å². The van der Waals surface area contributed by atoms with Gasteiger partial charge in [-0.1, -0.05) is 11.6 Å². The van der Waals surface area contributed by atoms with Gasteiger partial charge in [-0.3, -0.25) is 9.59 Å². The summed E-state index contributed by atoms with van der Waals surface area (Å²) in [6.07, 6.45) is -3.96. The largest absolute Gasteiger partial charge is 0.452 e. The molecule has 32 heavy (non-hydrogen) atoms. The van der Waals surface area contributed by atoms with Crippen LogP contribution in [0.15, 0.2) is 36.5 Å². The van der Waals surface area contributed by atoms with Crippen LogP contribution >= 0.6 is 11.6 Å². The Morgan fingerprint density at radius 2 is 1.91 bits per heavy atom. The molecule has 1 saturated heterocycles. The summed E-state index contributed by atoms with van der Waals surface area (Å²) in [6, 6.07) is 5.75. The highest BCUT2D eigenvalue weighted by atomic mass is 35.5. The molecule has 1 amide bonds. The summed E-state index contributed by atoms with van der Waals surface area (Å²) in [7, 11) is 0. The highest BCUT2D eigenvalue weighted by Gasteiger charge is 2.32. The molecule has 0 spiro atoms. The number of nitrogens with one attached hydrogen (secondary N) is 1. The van der Waals surface area contributed by atoms with E-state index in [4.69, 9.17) is 16.3 Å². The number of esters is 1. The molecule has 3 rings (SSSR count). The van der Waals surface area contributed by atoms with E-state index in [1.54, 1.807) is 4.90 Å². The average molecular weight is 474 g/mol. The van der Waals surface area contributed by atoms with E-state index in [9.17, 15) is 27.2 Å². The molecule has 1 fully saturated rings. The van der Waals surface area contributed by atoms with Crippen molar-refractivity contribution in [3.8, 4) is 0 Å². The topological polar surface area (TPSA) is 71.5 Å². The van der Waals surface area contributed by atoms with Gasteiger partial charge in [-0.25, -0.2) is 9.37 Å². The van der Waals surface area contributed by atoms with E-state index >= 15 is 0 Å². The summed E-state index contributed by atoms with van der Waals surface area (Å²) in [5, 5.41) is 2.49. The molecule has 1 aliphatic heterocycles. The zero-order valence-corrected chi connectivity index (χ0v) is 17.7. The van der Waals surface area contributed by atoms with Crippen molar-refractivity contribution in [3.63, 3.8) is 0 Å². The van der Waals surface area contributed by atoms with Crippen molar-refractivity contribution >= 4 is 35.0 Å². The van der Waals surface area contributed by atoms with Crippen molar-refractivity contribution in [2.45, 2.75) is 32.0 Å². The van der Waals surface area contributed by atoms with Gasteiger partial charge in [-0.05, 0) is 50.1 Å². The van der Waals surface area contributed by atoms with E-state index in [1.165, 1.54) is 19.1 Å². The van der Waals surface area contributed by atoms with E-state index in [0.29, 0.717) is 31.7 Å². The first kappa shape index (κ1) is 23.8. The molecule has 0 bridgehead atoms. The molecule has 0 radical (unpaired) electrons. The quantitative estimate of drug-likeness (QED) is 0.504. The maximum atomic E-state index is 13.1. The number of ether oxygens (including phenoxy) is 1. The molecular formula is C21H20ClF4N3O3. The maximum Gasteiger partial charge on any atom is 0.417 e. The smallest absolute Gasteiger partial charge is 0.417 e. The standard InChI is InChI=1S/C21H20ClF4N3O3/c1-12(19(30)28-17-4-3-15(23)10-16(17)22)32-20(31)13-6-8-29(9-7-13)18-5-2-14(11-27-18)21(24,25)26/h2-5,10-13H,6-9H2,1H3,(H,28,30)/t12-/m1/s1. The minimum Gasteiger partial charge on any atom is -0.452 e. The van der Waals surface area contributed by atoms with Gasteiger partial charge in [0.1, 0.15) is 11.6 Å². The second-order valence-electron chi connectivity index (χ2n) is 7.36. The van der Waals surface area contributed by atoms with Crippen LogP contribution < -0.4 is 10.2 Å². The third-order valence-electron chi connectivity index (χ3n) is 5.08. The number of amides is 1. The third kappa shape index (κ3) is 5.87. The van der Waals surface area contributed by atoms with Crippen molar-refractivity contribution in [2.24, 2.45) is 5.92 Å². The highest BCUT2D eigenvalue weighted by Crippen LogP contribution is 2.30. The zero-order chi connectivity index (χ0) is 23.5. The molecule has 0 saturated carbocycles. The van der Waals surface area contributed by atoms with Crippen LogP contribution in [0.2, 0.25) is 5.02 Å². The monoisotopic (exact) mass is 473 g/mol. The summed E-state index contributed by atoms with van der Waals surface area (Å²) in [5.41, 5.74) is -0.632. The Labute approximate surface area is 186 Å².